The number of piperidine rings is 2. The van der Waals surface area contributed by atoms with Gasteiger partial charge in [0.2, 0.25) is 11.4 Å². The third-order valence-corrected chi connectivity index (χ3v) is 11.2. The van der Waals surface area contributed by atoms with Crippen molar-refractivity contribution in [3.8, 4) is 0 Å². The number of hydrogen-bond donors (Lipinski definition) is 3. The van der Waals surface area contributed by atoms with Crippen LogP contribution in [-0.4, -0.2) is 88.1 Å². The molecule has 4 aromatic heterocycles. The normalized spacial score (nSPS) is 14.3. The number of carbonyl (C=O) groups is 3. The lowest BCUT2D eigenvalue weighted by atomic mass is 9.92. The fourth-order valence-corrected chi connectivity index (χ4v) is 7.96. The molecule has 0 saturated carbocycles. The summed E-state index contributed by atoms with van der Waals surface area (Å²) in [5, 5.41) is 14.2. The molecule has 14 nitrogen and oxygen atoms in total. The van der Waals surface area contributed by atoms with E-state index in [4.69, 9.17) is 51.6 Å². The van der Waals surface area contributed by atoms with Crippen LogP contribution < -0.4 is 5.73 Å². The Morgan fingerprint density at radius 2 is 1.42 bits per heavy atom. The average Bonchev–Trinajstić information content (AvgIpc) is 4.02. The number of likely N-dealkylation sites (tertiary alicyclic amines) is 2. The Morgan fingerprint density at radius 1 is 0.855 bits per heavy atom. The Kier molecular flexibility index (Phi) is 16.8. The van der Waals surface area contributed by atoms with E-state index in [1.807, 2.05) is 12.1 Å². The molecule has 2 saturated heterocycles. The predicted molar refractivity (Wildman–Crippen MR) is 216 cm³/mol. The van der Waals surface area contributed by atoms with Crippen LogP contribution in [0.5, 0.6) is 0 Å². The van der Waals surface area contributed by atoms with Gasteiger partial charge < -0.3 is 25.0 Å². The van der Waals surface area contributed by atoms with Crippen LogP contribution >= 0.6 is 45.9 Å². The molecule has 290 valence electrons. The second-order valence-corrected chi connectivity index (χ2v) is 15.8. The molecule has 6 heterocycles. The minimum absolute atomic E-state index is 0.173. The molecule has 0 unspecified atom stereocenters. The van der Waals surface area contributed by atoms with Gasteiger partial charge in [0.25, 0.3) is 0 Å². The summed E-state index contributed by atoms with van der Waals surface area (Å²) in [6.45, 7) is 24.6. The van der Waals surface area contributed by atoms with Crippen LogP contribution in [0.4, 0.5) is 26.8 Å². The number of amides is 2. The van der Waals surface area contributed by atoms with E-state index in [9.17, 15) is 14.4 Å². The summed E-state index contributed by atoms with van der Waals surface area (Å²) < 4.78 is 11.5. The van der Waals surface area contributed by atoms with Crippen LogP contribution in [0.2, 0.25) is 8.67 Å². The van der Waals surface area contributed by atoms with Gasteiger partial charge in [-0.25, -0.2) is 19.3 Å². The number of ether oxygens (including phenoxy) is 2. The molecule has 18 heteroatoms. The van der Waals surface area contributed by atoms with E-state index in [1.165, 1.54) is 16.2 Å². The number of nitrogens with one attached hydrogen (secondary N) is 2. The molecule has 2 fully saturated rings. The summed E-state index contributed by atoms with van der Waals surface area (Å²) >= 11 is 14.3. The molecular weight excluding hydrogens is 786 g/mol. The summed E-state index contributed by atoms with van der Waals surface area (Å²) in [4.78, 5) is 46.0. The molecule has 6 rings (SSSR count). The first-order valence-corrected chi connectivity index (χ1v) is 19.7. The summed E-state index contributed by atoms with van der Waals surface area (Å²) in [6, 6.07) is 7.31. The minimum Gasteiger partial charge on any atom is -0.445 e. The predicted octanol–water partition coefficient (Wildman–Crippen LogP) is 9.22. The Labute approximate surface area is 337 Å². The topological polar surface area (TPSA) is 168 Å². The van der Waals surface area contributed by atoms with Crippen LogP contribution in [0.3, 0.4) is 0 Å². The number of aldehydes is 1. The molecule has 55 heavy (non-hydrogen) atoms. The van der Waals surface area contributed by atoms with Crippen LogP contribution in [0.1, 0.15) is 69.1 Å². The smallest absolute Gasteiger partial charge is 0.410 e. The highest BCUT2D eigenvalue weighted by atomic mass is 35.5. The quantitative estimate of drug-likeness (QED) is 0.0808. The maximum absolute atomic E-state index is 11.9. The van der Waals surface area contributed by atoms with Crippen molar-refractivity contribution in [2.24, 2.45) is 0 Å². The van der Waals surface area contributed by atoms with Gasteiger partial charge in [0.05, 0.1) is 32.4 Å². The number of nitrogens with two attached hydrogens (primary N) is 1. The maximum atomic E-state index is 11.9. The van der Waals surface area contributed by atoms with E-state index >= 15 is 0 Å². The Hall–Kier alpha value is -5.13. The van der Waals surface area contributed by atoms with Crippen molar-refractivity contribution in [3.63, 3.8) is 0 Å². The molecule has 2 aliphatic rings. The Morgan fingerprint density at radius 3 is 1.89 bits per heavy atom. The Bertz CT molecular complexity index is 1990. The van der Waals surface area contributed by atoms with Crippen LogP contribution in [0.25, 0.3) is 9.69 Å². The number of nitrogens with zero attached hydrogens (tertiary/aromatic N) is 6. The van der Waals surface area contributed by atoms with E-state index in [0.717, 1.165) is 66.2 Å². The Balaban J connectivity index is 0.000000209. The number of H-pyrrole nitrogens is 2. The van der Waals surface area contributed by atoms with Gasteiger partial charge in [-0.15, -0.1) is 22.7 Å². The van der Waals surface area contributed by atoms with Crippen molar-refractivity contribution in [1.82, 2.24) is 30.2 Å². The molecule has 0 spiro atoms. The van der Waals surface area contributed by atoms with Crippen molar-refractivity contribution >= 4 is 81.5 Å². The van der Waals surface area contributed by atoms with E-state index in [0.29, 0.717) is 46.8 Å². The zero-order valence-corrected chi connectivity index (χ0v) is 33.1. The van der Waals surface area contributed by atoms with Gasteiger partial charge in [-0.2, -0.15) is 10.2 Å². The number of rotatable bonds is 10. The summed E-state index contributed by atoms with van der Waals surface area (Å²) in [5.41, 5.74) is 9.14. The van der Waals surface area contributed by atoms with Crippen molar-refractivity contribution in [2.45, 2.75) is 50.4 Å². The first-order valence-electron chi connectivity index (χ1n) is 17.3. The third-order valence-electron chi connectivity index (χ3n) is 8.77. The fourth-order valence-electron chi connectivity index (χ4n) is 5.99. The van der Waals surface area contributed by atoms with E-state index in [2.05, 4.69) is 43.2 Å². The van der Waals surface area contributed by atoms with Gasteiger partial charge in [0.1, 0.15) is 13.2 Å². The fraction of sp³-hybridized carbons (Fsp3) is 0.378. The monoisotopic (exact) mass is 825 g/mol. The second kappa shape index (κ2) is 21.7. The number of nitrogen functional groups attached to an aromatic ring is 1. The molecular formula is C37H41Cl2N9O5S2. The number of aromatic amines is 2. The van der Waals surface area contributed by atoms with Crippen molar-refractivity contribution in [1.29, 1.82) is 0 Å². The molecule has 0 aromatic carbocycles. The first kappa shape index (κ1) is 42.6. The molecule has 0 bridgehead atoms. The largest absolute Gasteiger partial charge is 0.445 e. The second-order valence-electron chi connectivity index (χ2n) is 12.3. The standard InChI is InChI=1S/C19H21ClN4O2S.C13H17N5O2.C5H3ClOS/c1-3-12-26-19(25)24-10-8-13(9-11-24)17-18(21-2)15(22-23-17)6-4-14-5-7-16(20)27-14;1-3-8-20-13(19)18-6-4-9(5-7-18)10-11(15-2)12(14)17-16-10;6-5-2-1-4(3-7)8-5/h3,5,7,13H,1,4,6,8-12H2,(H,22,23);3,9H,1,4-8H2,(H3,14,16,17);1-3H. The van der Waals surface area contributed by atoms with Crippen LogP contribution in [0.15, 0.2) is 49.6 Å². The van der Waals surface area contributed by atoms with Crippen molar-refractivity contribution in [2.75, 3.05) is 45.1 Å². The van der Waals surface area contributed by atoms with Crippen LogP contribution in [-0.2, 0) is 22.3 Å². The SMILES string of the molecule is O=Cc1ccc(Cl)s1.[C-]#[N+]c1c(C2CCN(C(=O)OCC=C)CC2)n[nH]c1CCc1ccc(Cl)s1.[C-]#[N+]c1c(N)n[nH]c1C1CCN(C(=O)OCC=C)CC1. The molecule has 0 radical (unpaired) electrons. The number of carbonyl (C=O) groups excluding carboxylic acids is 3. The van der Waals surface area contributed by atoms with Gasteiger partial charge in [-0.05, 0) is 74.6 Å². The number of hydrogen-bond acceptors (Lipinski definition) is 10. The maximum Gasteiger partial charge on any atom is 0.410 e. The van der Waals surface area contributed by atoms with Crippen molar-refractivity contribution in [3.05, 3.63) is 108 Å². The summed E-state index contributed by atoms with van der Waals surface area (Å²) in [7, 11) is 0. The lowest BCUT2D eigenvalue weighted by Gasteiger charge is -2.30. The summed E-state index contributed by atoms with van der Waals surface area (Å²) in [6.07, 6.45) is 7.88. The molecule has 2 amide bonds. The minimum atomic E-state index is -0.321. The van der Waals surface area contributed by atoms with Gasteiger partial charge in [-0.1, -0.05) is 48.5 Å². The van der Waals surface area contributed by atoms with Crippen LogP contribution in [0, 0.1) is 13.1 Å². The van der Waals surface area contributed by atoms with Gasteiger partial charge >= 0.3 is 12.2 Å². The highest BCUT2D eigenvalue weighted by Gasteiger charge is 2.30. The average molecular weight is 827 g/mol. The number of anilines is 1. The molecule has 0 aliphatic carbocycles. The van der Waals surface area contributed by atoms with Gasteiger partial charge in [0, 0.05) is 42.4 Å². The van der Waals surface area contributed by atoms with Crippen molar-refractivity contribution < 1.29 is 23.9 Å². The number of aryl methyl sites for hydroxylation is 2. The highest BCUT2D eigenvalue weighted by molar-refractivity contribution is 7.17. The van der Waals surface area contributed by atoms with E-state index in [1.54, 1.807) is 45.4 Å². The molecule has 4 aromatic rings. The number of thiophene rings is 2. The zero-order chi connectivity index (χ0) is 39.7. The van der Waals surface area contributed by atoms with E-state index < -0.39 is 0 Å². The van der Waals surface area contributed by atoms with E-state index in [-0.39, 0.29) is 43.1 Å². The highest BCUT2D eigenvalue weighted by Crippen LogP contribution is 2.37. The molecule has 2 aliphatic heterocycles. The van der Waals surface area contributed by atoms with Gasteiger partial charge in [-0.3, -0.25) is 15.0 Å². The summed E-state index contributed by atoms with van der Waals surface area (Å²) in [5.74, 6) is 0.592. The number of halogens is 2. The molecule has 0 atom stereocenters. The zero-order valence-electron chi connectivity index (χ0n) is 30.0. The number of aromatic nitrogens is 4. The lowest BCUT2D eigenvalue weighted by molar-refractivity contribution is 0.101. The van der Waals surface area contributed by atoms with Gasteiger partial charge in [0.15, 0.2) is 12.1 Å². The third kappa shape index (κ3) is 12.2. The first-order chi connectivity index (χ1) is 26.6. The lowest BCUT2D eigenvalue weighted by Crippen LogP contribution is -2.38. The molecule has 4 N–H and O–H groups in total.